The highest BCUT2D eigenvalue weighted by Gasteiger charge is 2.37. The predicted molar refractivity (Wildman–Crippen MR) is 158 cm³/mol. The number of piperidine rings is 1. The first-order chi connectivity index (χ1) is 21.1. The van der Waals surface area contributed by atoms with E-state index in [0.717, 1.165) is 19.4 Å². The van der Waals surface area contributed by atoms with Gasteiger partial charge in [-0.15, -0.1) is 0 Å². The second-order valence-electron chi connectivity index (χ2n) is 10.7. The maximum atomic E-state index is 12.5. The van der Waals surface area contributed by atoms with Gasteiger partial charge in [-0.25, -0.2) is 4.79 Å². The van der Waals surface area contributed by atoms with Gasteiger partial charge in [-0.05, 0) is 56.4 Å². The van der Waals surface area contributed by atoms with E-state index in [1.807, 2.05) is 37.3 Å². The quantitative estimate of drug-likeness (QED) is 0.264. The van der Waals surface area contributed by atoms with Crippen molar-refractivity contribution in [1.82, 2.24) is 15.1 Å². The third-order valence-corrected chi connectivity index (χ3v) is 7.32. The lowest BCUT2D eigenvalue weighted by molar-refractivity contribution is -0.143. The molecule has 0 aromatic heterocycles. The Kier molecular flexibility index (Phi) is 15.1. The van der Waals surface area contributed by atoms with Crippen LogP contribution in [-0.4, -0.2) is 80.8 Å². The molecular formula is C31H42F6N4O4. The first kappa shape index (κ1) is 37.8. The number of nitrogens with two attached hydrogens (primary N) is 1. The Labute approximate surface area is 259 Å². The van der Waals surface area contributed by atoms with Gasteiger partial charge in [0.05, 0.1) is 37.0 Å². The number of allylic oxidation sites excluding steroid dienone is 5. The Morgan fingerprint density at radius 1 is 1.02 bits per heavy atom. The van der Waals surface area contributed by atoms with Crippen LogP contribution in [0.15, 0.2) is 54.7 Å². The molecule has 14 heteroatoms. The number of nitrogens with zero attached hydrogens (tertiary/aromatic N) is 2. The molecule has 8 nitrogen and oxygen atoms in total. The van der Waals surface area contributed by atoms with Crippen molar-refractivity contribution >= 4 is 11.9 Å². The minimum Gasteiger partial charge on any atom is -0.378 e. The van der Waals surface area contributed by atoms with E-state index >= 15 is 0 Å². The van der Waals surface area contributed by atoms with Gasteiger partial charge in [-0.1, -0.05) is 36.5 Å². The second-order valence-corrected chi connectivity index (χ2v) is 10.7. The lowest BCUT2D eigenvalue weighted by Gasteiger charge is -2.38. The second kappa shape index (κ2) is 18.0. The average Bonchev–Trinajstić information content (AvgIpc) is 2.99. The number of hydrogen-bond donors (Lipinski definition) is 2. The first-order valence-corrected chi connectivity index (χ1v) is 14.6. The highest BCUT2D eigenvalue weighted by Crippen LogP contribution is 2.37. The molecule has 2 saturated heterocycles. The minimum absolute atomic E-state index is 0.0316. The fourth-order valence-corrected chi connectivity index (χ4v) is 4.81. The van der Waals surface area contributed by atoms with Crippen LogP contribution in [0.2, 0.25) is 0 Å². The normalized spacial score (nSPS) is 20.8. The molecule has 0 unspecified atom stereocenters. The van der Waals surface area contributed by atoms with Crippen LogP contribution in [0.4, 0.5) is 31.1 Å². The van der Waals surface area contributed by atoms with Gasteiger partial charge >= 0.3 is 18.4 Å². The van der Waals surface area contributed by atoms with E-state index in [9.17, 15) is 35.9 Å². The van der Waals surface area contributed by atoms with Crippen LogP contribution in [-0.2, 0) is 26.6 Å². The number of urea groups is 1. The maximum absolute atomic E-state index is 12.5. The standard InChI is InChI=1S/C20H32N4O3.C11H10F6O/c1-2-3-4-5-6-7-18-9-8-17(15-24(18)16-19(21)25)14-22-20(26)23-10-12-27-13-11-23;1-6(18-2)7-3-8(10(12,13)14)5-9(4-7)11(15,16)17/h2-7,17-18H,8-16H2,1H3,(H2,21,25)(H,22,26);3-6H,1-2H3/b3-2-,5-4-,7-6+;/t17-,18-;6-/m11/s1. The molecule has 0 spiro atoms. The maximum Gasteiger partial charge on any atom is 0.416 e. The van der Waals surface area contributed by atoms with Crippen LogP contribution in [0.5, 0.6) is 0 Å². The van der Waals surface area contributed by atoms with Crippen molar-refractivity contribution in [3.05, 3.63) is 71.3 Å². The van der Waals surface area contributed by atoms with Gasteiger partial charge in [0.1, 0.15) is 0 Å². The largest absolute Gasteiger partial charge is 0.416 e. The lowest BCUT2D eigenvalue weighted by Crippen LogP contribution is -2.51. The molecule has 252 valence electrons. The summed E-state index contributed by atoms with van der Waals surface area (Å²) in [5, 5.41) is 3.03. The van der Waals surface area contributed by atoms with Crippen molar-refractivity contribution < 1.29 is 45.4 Å². The van der Waals surface area contributed by atoms with Gasteiger partial charge in [-0.2, -0.15) is 26.3 Å². The number of carbonyl (C=O) groups is 2. The number of amides is 3. The van der Waals surface area contributed by atoms with E-state index in [0.29, 0.717) is 50.9 Å². The van der Waals surface area contributed by atoms with E-state index in [1.165, 1.54) is 14.0 Å². The van der Waals surface area contributed by atoms with Crippen molar-refractivity contribution in [3.63, 3.8) is 0 Å². The minimum atomic E-state index is -4.83. The smallest absolute Gasteiger partial charge is 0.378 e. The summed E-state index contributed by atoms with van der Waals surface area (Å²) < 4.78 is 85.0. The van der Waals surface area contributed by atoms with Crippen LogP contribution >= 0.6 is 0 Å². The number of likely N-dealkylation sites (tertiary alicyclic amines) is 1. The Morgan fingerprint density at radius 2 is 1.62 bits per heavy atom. The molecule has 0 radical (unpaired) electrons. The Balaban J connectivity index is 0.000000341. The third kappa shape index (κ3) is 13.3. The zero-order valence-corrected chi connectivity index (χ0v) is 25.7. The predicted octanol–water partition coefficient (Wildman–Crippen LogP) is 5.71. The number of halogens is 6. The number of morpholine rings is 1. The van der Waals surface area contributed by atoms with Gasteiger partial charge in [-0.3, -0.25) is 9.69 Å². The van der Waals surface area contributed by atoms with E-state index in [4.69, 9.17) is 15.2 Å². The molecule has 3 amide bonds. The van der Waals surface area contributed by atoms with Crippen LogP contribution < -0.4 is 11.1 Å². The van der Waals surface area contributed by atoms with Crippen LogP contribution in [0.25, 0.3) is 0 Å². The summed E-state index contributed by atoms with van der Waals surface area (Å²) in [5.74, 6) is -0.00609. The molecule has 3 N–H and O–H groups in total. The number of benzene rings is 1. The Morgan fingerprint density at radius 3 is 2.16 bits per heavy atom. The van der Waals surface area contributed by atoms with Crippen molar-refractivity contribution in [3.8, 4) is 0 Å². The van der Waals surface area contributed by atoms with Crippen molar-refractivity contribution in [1.29, 1.82) is 0 Å². The van der Waals surface area contributed by atoms with E-state index in [1.54, 1.807) is 4.90 Å². The molecule has 2 aliphatic rings. The van der Waals surface area contributed by atoms with Crippen LogP contribution in [0.1, 0.15) is 49.5 Å². The van der Waals surface area contributed by atoms with E-state index in [-0.39, 0.29) is 36.2 Å². The summed E-state index contributed by atoms with van der Waals surface area (Å²) in [6, 6.07) is 1.56. The molecule has 2 heterocycles. The highest BCUT2D eigenvalue weighted by atomic mass is 19.4. The number of nitrogens with one attached hydrogen (secondary N) is 1. The first-order valence-electron chi connectivity index (χ1n) is 14.6. The molecule has 1 aromatic carbocycles. The van der Waals surface area contributed by atoms with Gasteiger partial charge in [0.15, 0.2) is 0 Å². The molecular weight excluding hydrogens is 606 g/mol. The number of carbonyl (C=O) groups excluding carboxylic acids is 2. The molecule has 2 aliphatic heterocycles. The zero-order chi connectivity index (χ0) is 33.6. The third-order valence-electron chi connectivity index (χ3n) is 7.32. The fourth-order valence-electron chi connectivity index (χ4n) is 4.81. The number of rotatable bonds is 9. The van der Waals surface area contributed by atoms with Crippen molar-refractivity contribution in [2.75, 3.05) is 53.0 Å². The Bertz CT molecular complexity index is 1150. The zero-order valence-electron chi connectivity index (χ0n) is 25.7. The highest BCUT2D eigenvalue weighted by molar-refractivity contribution is 5.76. The molecule has 0 aliphatic carbocycles. The van der Waals surface area contributed by atoms with Crippen molar-refractivity contribution in [2.24, 2.45) is 11.7 Å². The monoisotopic (exact) mass is 648 g/mol. The number of primary amides is 1. The molecule has 2 fully saturated rings. The van der Waals surface area contributed by atoms with Crippen LogP contribution in [0, 0.1) is 5.92 Å². The fraction of sp³-hybridized carbons (Fsp3) is 0.548. The molecule has 0 bridgehead atoms. The summed E-state index contributed by atoms with van der Waals surface area (Å²) in [7, 11) is 1.21. The van der Waals surface area contributed by atoms with Gasteiger partial charge in [0, 0.05) is 39.3 Å². The van der Waals surface area contributed by atoms with E-state index < -0.39 is 29.6 Å². The molecule has 3 atom stereocenters. The number of methoxy groups -OCH3 is 1. The summed E-state index contributed by atoms with van der Waals surface area (Å²) in [6.07, 6.45) is 3.47. The Hall–Kier alpha value is -3.36. The molecule has 1 aromatic rings. The summed E-state index contributed by atoms with van der Waals surface area (Å²) in [5.41, 5.74) is 2.59. The summed E-state index contributed by atoms with van der Waals surface area (Å²) >= 11 is 0. The number of alkyl halides is 6. The number of ether oxygens (including phenoxy) is 2. The number of hydrogen-bond acceptors (Lipinski definition) is 5. The lowest BCUT2D eigenvalue weighted by atomic mass is 9.92. The van der Waals surface area contributed by atoms with Gasteiger partial charge in [0.2, 0.25) is 5.91 Å². The van der Waals surface area contributed by atoms with Gasteiger partial charge in [0.25, 0.3) is 0 Å². The average molecular weight is 649 g/mol. The summed E-state index contributed by atoms with van der Waals surface area (Å²) in [6.45, 7) is 7.41. The SMILES string of the molecule is CO[C@H](C)c1cc(C(F)(F)F)cc(C(F)(F)F)c1.C\C=C/C=C\C=C\[C@@H]1CC[C@H](CNC(=O)N2CCOCC2)CN1CC(N)=O. The molecule has 3 rings (SSSR count). The summed E-state index contributed by atoms with van der Waals surface area (Å²) in [4.78, 5) is 27.6. The van der Waals surface area contributed by atoms with Gasteiger partial charge < -0.3 is 25.4 Å². The topological polar surface area (TPSA) is 97.1 Å². The molecule has 0 saturated carbocycles. The van der Waals surface area contributed by atoms with Crippen LogP contribution in [0.3, 0.4) is 0 Å². The van der Waals surface area contributed by atoms with E-state index in [2.05, 4.69) is 16.3 Å². The van der Waals surface area contributed by atoms with Crippen molar-refractivity contribution in [2.45, 2.75) is 51.2 Å². The molecule has 45 heavy (non-hydrogen) atoms.